The van der Waals surface area contributed by atoms with Crippen LogP contribution in [0.3, 0.4) is 0 Å². The first-order chi connectivity index (χ1) is 30.7. The van der Waals surface area contributed by atoms with E-state index in [9.17, 15) is 0 Å². The minimum atomic E-state index is 0.585. The van der Waals surface area contributed by atoms with E-state index in [0.717, 1.165) is 72.1 Å². The Bertz CT molecular complexity index is 3590. The minimum Gasteiger partial charge on any atom is -0.455 e. The first-order valence-electron chi connectivity index (χ1n) is 20.8. The van der Waals surface area contributed by atoms with Crippen LogP contribution in [-0.4, -0.2) is 19.5 Å². The number of furan rings is 1. The molecule has 12 rings (SSSR count). The summed E-state index contributed by atoms with van der Waals surface area (Å²) in [6, 6.07) is 76.3. The molecule has 0 N–H and O–H groups in total. The predicted molar refractivity (Wildman–Crippen MR) is 254 cm³/mol. The Morgan fingerprint density at radius 3 is 1.53 bits per heavy atom. The molecule has 0 bridgehead atoms. The smallest absolute Gasteiger partial charge is 0.164 e. The van der Waals surface area contributed by atoms with Gasteiger partial charge in [-0.3, -0.25) is 0 Å². The Labute approximate surface area is 357 Å². The number of fused-ring (bicyclic) bond motifs is 6. The van der Waals surface area contributed by atoms with Gasteiger partial charge in [0.05, 0.1) is 11.0 Å². The van der Waals surface area contributed by atoms with Gasteiger partial charge in [-0.05, 0) is 70.3 Å². The number of rotatable bonds is 7. The highest BCUT2D eigenvalue weighted by Crippen LogP contribution is 2.39. The molecule has 5 heteroatoms. The van der Waals surface area contributed by atoms with Crippen molar-refractivity contribution < 1.29 is 4.42 Å². The molecule has 0 radical (unpaired) electrons. The van der Waals surface area contributed by atoms with Crippen LogP contribution in [0.25, 0.3) is 117 Å². The molecule has 0 aliphatic carbocycles. The molecule has 0 amide bonds. The van der Waals surface area contributed by atoms with Crippen molar-refractivity contribution in [2.75, 3.05) is 0 Å². The first kappa shape index (κ1) is 35.5. The molecule has 0 aliphatic rings. The van der Waals surface area contributed by atoms with Gasteiger partial charge in [-0.25, -0.2) is 15.0 Å². The van der Waals surface area contributed by atoms with E-state index in [-0.39, 0.29) is 0 Å². The van der Waals surface area contributed by atoms with Crippen LogP contribution in [0, 0.1) is 0 Å². The maximum atomic E-state index is 6.75. The number of hydrogen-bond acceptors (Lipinski definition) is 4. The predicted octanol–water partition coefficient (Wildman–Crippen LogP) is 14.9. The lowest BCUT2D eigenvalue weighted by molar-refractivity contribution is 0.670. The van der Waals surface area contributed by atoms with Gasteiger partial charge >= 0.3 is 0 Å². The summed E-state index contributed by atoms with van der Waals surface area (Å²) in [6.07, 6.45) is 0. The zero-order valence-electron chi connectivity index (χ0n) is 33.5. The second-order valence-corrected chi connectivity index (χ2v) is 15.6. The highest BCUT2D eigenvalue weighted by molar-refractivity contribution is 6.11. The summed E-state index contributed by atoms with van der Waals surface area (Å²) >= 11 is 0. The van der Waals surface area contributed by atoms with Crippen molar-refractivity contribution in [2.24, 2.45) is 0 Å². The molecule has 0 saturated carbocycles. The van der Waals surface area contributed by atoms with E-state index in [1.165, 1.54) is 27.4 Å². The molecule has 290 valence electrons. The molecule has 0 saturated heterocycles. The van der Waals surface area contributed by atoms with Gasteiger partial charge in [0.2, 0.25) is 0 Å². The van der Waals surface area contributed by atoms with E-state index in [0.29, 0.717) is 17.5 Å². The second-order valence-electron chi connectivity index (χ2n) is 15.6. The highest BCUT2D eigenvalue weighted by atomic mass is 16.3. The zero-order chi connectivity index (χ0) is 41.0. The van der Waals surface area contributed by atoms with E-state index in [1.54, 1.807) is 0 Å². The van der Waals surface area contributed by atoms with Gasteiger partial charge in [-0.1, -0.05) is 176 Å². The first-order valence-corrected chi connectivity index (χ1v) is 20.8. The normalized spacial score (nSPS) is 11.5. The number of benzene rings is 9. The van der Waals surface area contributed by atoms with Crippen LogP contribution in [0.4, 0.5) is 0 Å². The maximum absolute atomic E-state index is 6.75. The Balaban J connectivity index is 0.899. The summed E-state index contributed by atoms with van der Waals surface area (Å²) < 4.78 is 9.11. The average molecular weight is 793 g/mol. The molecule has 0 unspecified atom stereocenters. The topological polar surface area (TPSA) is 56.7 Å². The molecular weight excluding hydrogens is 757 g/mol. The molecule has 0 atom stereocenters. The van der Waals surface area contributed by atoms with Crippen LogP contribution in [0.1, 0.15) is 0 Å². The summed E-state index contributed by atoms with van der Waals surface area (Å²) in [5, 5.41) is 4.58. The van der Waals surface area contributed by atoms with Crippen molar-refractivity contribution in [2.45, 2.75) is 0 Å². The Morgan fingerprint density at radius 2 is 0.806 bits per heavy atom. The zero-order valence-corrected chi connectivity index (χ0v) is 33.5. The number of hydrogen-bond donors (Lipinski definition) is 0. The highest BCUT2D eigenvalue weighted by Gasteiger charge is 2.18. The van der Waals surface area contributed by atoms with Gasteiger partial charge in [0, 0.05) is 49.5 Å². The number of nitrogens with zero attached hydrogens (tertiary/aromatic N) is 4. The summed E-state index contributed by atoms with van der Waals surface area (Å²) in [5.74, 6) is 1.82. The standard InChI is InChI=1S/C57H36N4O/c1-4-13-37(14-5-1)38-25-29-42(30-26-38)56-58-55(41-15-6-2-7-16-41)59-57(60-56)44-31-33-48-49-21-12-20-46(54(49)62-53(48)36-44)40-27-23-39(24-28-40)43-32-34-52-50(35-43)47-19-10-11-22-51(47)61(52)45-17-8-3-9-18-45/h1-36H. The van der Waals surface area contributed by atoms with Crippen molar-refractivity contribution in [1.82, 2.24) is 19.5 Å². The van der Waals surface area contributed by atoms with Crippen molar-refractivity contribution in [3.63, 3.8) is 0 Å². The molecule has 5 nitrogen and oxygen atoms in total. The van der Waals surface area contributed by atoms with Gasteiger partial charge in [0.1, 0.15) is 11.2 Å². The molecule has 0 fully saturated rings. The van der Waals surface area contributed by atoms with Crippen LogP contribution in [-0.2, 0) is 0 Å². The minimum absolute atomic E-state index is 0.585. The second kappa shape index (κ2) is 14.7. The SMILES string of the molecule is c1ccc(-c2ccc(-c3nc(-c4ccccc4)nc(-c4ccc5c(c4)oc4c(-c6ccc(-c7ccc8c(c7)c7ccccc7n8-c7ccccc7)cc6)cccc45)n3)cc2)cc1. The van der Waals surface area contributed by atoms with Crippen LogP contribution >= 0.6 is 0 Å². The molecule has 9 aromatic carbocycles. The van der Waals surface area contributed by atoms with Crippen molar-refractivity contribution >= 4 is 43.7 Å². The molecule has 0 aliphatic heterocycles. The molecule has 62 heavy (non-hydrogen) atoms. The fourth-order valence-electron chi connectivity index (χ4n) is 8.81. The lowest BCUT2D eigenvalue weighted by Gasteiger charge is -2.09. The quantitative estimate of drug-likeness (QED) is 0.161. The third-order valence-corrected chi connectivity index (χ3v) is 11.9. The fourth-order valence-corrected chi connectivity index (χ4v) is 8.81. The third kappa shape index (κ3) is 6.14. The average Bonchev–Trinajstić information content (AvgIpc) is 3.90. The summed E-state index contributed by atoms with van der Waals surface area (Å²) in [5.41, 5.74) is 14.7. The third-order valence-electron chi connectivity index (χ3n) is 11.9. The lowest BCUT2D eigenvalue weighted by Crippen LogP contribution is -2.00. The Hall–Kier alpha value is -8.41. The molecule has 3 heterocycles. The van der Waals surface area contributed by atoms with E-state index in [1.807, 2.05) is 36.4 Å². The summed E-state index contributed by atoms with van der Waals surface area (Å²) in [6.45, 7) is 0. The maximum Gasteiger partial charge on any atom is 0.164 e. The molecule has 12 aromatic rings. The Morgan fingerprint density at radius 1 is 0.306 bits per heavy atom. The molecule has 3 aromatic heterocycles. The summed E-state index contributed by atoms with van der Waals surface area (Å²) in [4.78, 5) is 15.0. The fraction of sp³-hybridized carbons (Fsp3) is 0. The van der Waals surface area contributed by atoms with Gasteiger partial charge in [0.15, 0.2) is 17.5 Å². The van der Waals surface area contributed by atoms with Crippen LogP contribution in [0.2, 0.25) is 0 Å². The van der Waals surface area contributed by atoms with E-state index in [4.69, 9.17) is 19.4 Å². The van der Waals surface area contributed by atoms with E-state index in [2.05, 4.69) is 187 Å². The van der Waals surface area contributed by atoms with Gasteiger partial charge in [-0.2, -0.15) is 0 Å². The number of para-hydroxylation sites is 3. The Kier molecular flexibility index (Phi) is 8.42. The largest absolute Gasteiger partial charge is 0.455 e. The van der Waals surface area contributed by atoms with E-state index >= 15 is 0 Å². The summed E-state index contributed by atoms with van der Waals surface area (Å²) in [7, 11) is 0. The van der Waals surface area contributed by atoms with Crippen LogP contribution in [0.5, 0.6) is 0 Å². The van der Waals surface area contributed by atoms with Crippen molar-refractivity contribution in [3.8, 4) is 73.2 Å². The lowest BCUT2D eigenvalue weighted by atomic mass is 9.98. The number of aromatic nitrogens is 4. The van der Waals surface area contributed by atoms with Gasteiger partial charge < -0.3 is 8.98 Å². The van der Waals surface area contributed by atoms with Crippen molar-refractivity contribution in [1.29, 1.82) is 0 Å². The molecule has 0 spiro atoms. The van der Waals surface area contributed by atoms with Gasteiger partial charge in [-0.15, -0.1) is 0 Å². The van der Waals surface area contributed by atoms with Crippen LogP contribution in [0.15, 0.2) is 223 Å². The van der Waals surface area contributed by atoms with Crippen molar-refractivity contribution in [3.05, 3.63) is 218 Å². The molecular formula is C57H36N4O. The monoisotopic (exact) mass is 792 g/mol. The van der Waals surface area contributed by atoms with Gasteiger partial charge in [0.25, 0.3) is 0 Å². The van der Waals surface area contributed by atoms with E-state index < -0.39 is 0 Å². The van der Waals surface area contributed by atoms with Crippen LogP contribution < -0.4 is 0 Å².